The van der Waals surface area contributed by atoms with E-state index in [2.05, 4.69) is 5.32 Å². The molecule has 1 N–H and O–H groups in total. The topological polar surface area (TPSA) is 94.2 Å². The second-order valence-corrected chi connectivity index (χ2v) is 4.84. The van der Waals surface area contributed by atoms with Crippen molar-refractivity contribution in [2.24, 2.45) is 0 Å². The molecule has 24 heavy (non-hydrogen) atoms. The average molecular weight is 334 g/mol. The molecule has 1 aromatic rings. The van der Waals surface area contributed by atoms with Crippen molar-refractivity contribution < 1.29 is 28.6 Å². The third kappa shape index (κ3) is 3.38. The van der Waals surface area contributed by atoms with Crippen LogP contribution >= 0.6 is 0 Å². The van der Waals surface area contributed by atoms with Gasteiger partial charge in [0.15, 0.2) is 0 Å². The number of esters is 2. The molecule has 8 heteroatoms. The minimum Gasteiger partial charge on any atom is -0.466 e. The number of anilines is 1. The van der Waals surface area contributed by atoms with Crippen molar-refractivity contribution in [1.29, 1.82) is 0 Å². The van der Waals surface area contributed by atoms with Crippen molar-refractivity contribution in [2.45, 2.75) is 0 Å². The molecule has 1 aliphatic heterocycles. The van der Waals surface area contributed by atoms with E-state index < -0.39 is 11.9 Å². The minimum absolute atomic E-state index is 0.0517. The van der Waals surface area contributed by atoms with E-state index in [0.717, 1.165) is 0 Å². The Morgan fingerprint density at radius 1 is 1.08 bits per heavy atom. The van der Waals surface area contributed by atoms with Crippen LogP contribution in [0.15, 0.2) is 35.5 Å². The summed E-state index contributed by atoms with van der Waals surface area (Å²) >= 11 is 0. The van der Waals surface area contributed by atoms with E-state index >= 15 is 0 Å². The van der Waals surface area contributed by atoms with Crippen LogP contribution < -0.4 is 10.2 Å². The van der Waals surface area contributed by atoms with E-state index in [4.69, 9.17) is 14.2 Å². The summed E-state index contributed by atoms with van der Waals surface area (Å²) in [6.07, 6.45) is 0. The molecular weight excluding hydrogens is 316 g/mol. The smallest absolute Gasteiger partial charge is 0.355 e. The summed E-state index contributed by atoms with van der Waals surface area (Å²) in [5, 5.41) is 2.52. The fourth-order valence-corrected chi connectivity index (χ4v) is 2.28. The maximum Gasteiger partial charge on any atom is 0.355 e. The number of carbonyl (C=O) groups excluding carboxylic acids is 3. The third-order valence-corrected chi connectivity index (χ3v) is 3.50. The standard InChI is InChI=1S/C16H18N2O6/c1-17-14(19)10-4-6-11(7-5-10)18-9-24-8-12(15(20)22-2)13(18)16(21)23-3/h4-7H,8-9H2,1-3H3,(H,17,19). The average Bonchev–Trinajstić information content (AvgIpc) is 2.65. The van der Waals surface area contributed by atoms with E-state index in [0.29, 0.717) is 11.3 Å². The zero-order valence-corrected chi connectivity index (χ0v) is 13.6. The summed E-state index contributed by atoms with van der Waals surface area (Å²) in [7, 11) is 3.99. The number of ether oxygens (including phenoxy) is 3. The second kappa shape index (κ2) is 7.60. The summed E-state index contributed by atoms with van der Waals surface area (Å²) in [4.78, 5) is 37.2. The lowest BCUT2D eigenvalue weighted by molar-refractivity contribution is -0.140. The molecule has 0 saturated carbocycles. The largest absolute Gasteiger partial charge is 0.466 e. The number of nitrogens with zero attached hydrogens (tertiary/aromatic N) is 1. The summed E-state index contributed by atoms with van der Waals surface area (Å²) in [6.45, 7) is 0.00811. The molecule has 0 aromatic heterocycles. The van der Waals surface area contributed by atoms with Crippen molar-refractivity contribution in [3.63, 3.8) is 0 Å². The molecule has 1 heterocycles. The first-order valence-electron chi connectivity index (χ1n) is 7.10. The van der Waals surface area contributed by atoms with Gasteiger partial charge in [0.05, 0.1) is 26.4 Å². The lowest BCUT2D eigenvalue weighted by Gasteiger charge is -2.31. The molecule has 0 bridgehead atoms. The van der Waals surface area contributed by atoms with Crippen LogP contribution in [0.4, 0.5) is 5.69 Å². The molecule has 2 rings (SSSR count). The van der Waals surface area contributed by atoms with Gasteiger partial charge in [0.2, 0.25) is 0 Å². The van der Waals surface area contributed by atoms with Crippen LogP contribution in [-0.2, 0) is 23.8 Å². The normalized spacial score (nSPS) is 14.2. The van der Waals surface area contributed by atoms with Crippen molar-refractivity contribution in [3.8, 4) is 0 Å². The SMILES string of the molecule is CNC(=O)c1ccc(N2COCC(C(=O)OC)=C2C(=O)OC)cc1. The Labute approximate surface area is 139 Å². The zero-order chi connectivity index (χ0) is 17.7. The van der Waals surface area contributed by atoms with Crippen LogP contribution in [0.5, 0.6) is 0 Å². The van der Waals surface area contributed by atoms with Crippen LogP contribution in [0.2, 0.25) is 0 Å². The van der Waals surface area contributed by atoms with Crippen molar-refractivity contribution in [1.82, 2.24) is 5.32 Å². The highest BCUT2D eigenvalue weighted by Gasteiger charge is 2.32. The van der Waals surface area contributed by atoms with Gasteiger partial charge >= 0.3 is 11.9 Å². The Bertz CT molecular complexity index is 680. The third-order valence-electron chi connectivity index (χ3n) is 3.50. The predicted molar refractivity (Wildman–Crippen MR) is 84.2 cm³/mol. The summed E-state index contributed by atoms with van der Waals surface area (Å²) < 4.78 is 14.9. The highest BCUT2D eigenvalue weighted by atomic mass is 16.5. The van der Waals surface area contributed by atoms with Crippen molar-refractivity contribution >= 4 is 23.5 Å². The molecule has 8 nitrogen and oxygen atoms in total. The van der Waals surface area contributed by atoms with E-state index in [-0.39, 0.29) is 30.5 Å². The Kier molecular flexibility index (Phi) is 5.54. The number of benzene rings is 1. The molecule has 0 atom stereocenters. The van der Waals surface area contributed by atoms with Gasteiger partial charge in [0.25, 0.3) is 5.91 Å². The summed E-state index contributed by atoms with van der Waals surface area (Å²) in [6, 6.07) is 6.51. The lowest BCUT2D eigenvalue weighted by Crippen LogP contribution is -2.38. The fourth-order valence-electron chi connectivity index (χ4n) is 2.28. The second-order valence-electron chi connectivity index (χ2n) is 4.84. The Morgan fingerprint density at radius 3 is 2.25 bits per heavy atom. The Hall–Kier alpha value is -2.87. The zero-order valence-electron chi connectivity index (χ0n) is 13.6. The first-order chi connectivity index (χ1) is 11.5. The number of amides is 1. The van der Waals surface area contributed by atoms with Gasteiger partial charge in [-0.15, -0.1) is 0 Å². The number of hydrogen-bond acceptors (Lipinski definition) is 7. The van der Waals surface area contributed by atoms with Gasteiger partial charge in [-0.2, -0.15) is 0 Å². The molecule has 1 aliphatic rings. The predicted octanol–water partition coefficient (Wildman–Crippen LogP) is 0.440. The molecule has 0 saturated heterocycles. The monoisotopic (exact) mass is 334 g/mol. The molecule has 0 spiro atoms. The fraction of sp³-hybridized carbons (Fsp3) is 0.312. The molecule has 128 valence electrons. The maximum atomic E-state index is 12.2. The van der Waals surface area contributed by atoms with Crippen LogP contribution in [0.3, 0.4) is 0 Å². The summed E-state index contributed by atoms with van der Waals surface area (Å²) in [5.74, 6) is -1.56. The molecule has 0 aliphatic carbocycles. The quantitative estimate of drug-likeness (QED) is 0.799. The van der Waals surface area contributed by atoms with E-state index in [9.17, 15) is 14.4 Å². The number of methoxy groups -OCH3 is 2. The number of carbonyl (C=O) groups is 3. The number of nitrogens with one attached hydrogen (secondary N) is 1. The van der Waals surface area contributed by atoms with E-state index in [1.54, 1.807) is 24.3 Å². The van der Waals surface area contributed by atoms with Crippen LogP contribution in [-0.4, -0.2) is 52.5 Å². The van der Waals surface area contributed by atoms with Gasteiger partial charge in [-0.3, -0.25) is 4.79 Å². The highest BCUT2D eigenvalue weighted by molar-refractivity contribution is 6.03. The van der Waals surface area contributed by atoms with Gasteiger partial charge in [-0.25, -0.2) is 9.59 Å². The van der Waals surface area contributed by atoms with Crippen LogP contribution in [0.25, 0.3) is 0 Å². The van der Waals surface area contributed by atoms with Gasteiger partial charge in [0, 0.05) is 18.3 Å². The van der Waals surface area contributed by atoms with Gasteiger partial charge in [-0.05, 0) is 24.3 Å². The van der Waals surface area contributed by atoms with Gasteiger partial charge in [0.1, 0.15) is 12.4 Å². The first-order valence-corrected chi connectivity index (χ1v) is 7.10. The number of hydrogen-bond donors (Lipinski definition) is 1. The lowest BCUT2D eigenvalue weighted by atomic mass is 10.1. The molecule has 0 unspecified atom stereocenters. The van der Waals surface area contributed by atoms with Crippen LogP contribution in [0.1, 0.15) is 10.4 Å². The molecular formula is C16H18N2O6. The molecule has 1 aromatic carbocycles. The Morgan fingerprint density at radius 2 is 1.71 bits per heavy atom. The van der Waals surface area contributed by atoms with Crippen LogP contribution in [0, 0.1) is 0 Å². The van der Waals surface area contributed by atoms with Crippen molar-refractivity contribution in [3.05, 3.63) is 41.1 Å². The van der Waals surface area contributed by atoms with Gasteiger partial charge < -0.3 is 24.4 Å². The molecule has 0 radical (unpaired) electrons. The maximum absolute atomic E-state index is 12.2. The summed E-state index contributed by atoms with van der Waals surface area (Å²) in [5.41, 5.74) is 1.18. The van der Waals surface area contributed by atoms with E-state index in [1.807, 2.05) is 0 Å². The molecule has 1 amide bonds. The highest BCUT2D eigenvalue weighted by Crippen LogP contribution is 2.26. The number of rotatable bonds is 4. The van der Waals surface area contributed by atoms with E-state index in [1.165, 1.54) is 26.2 Å². The van der Waals surface area contributed by atoms with Gasteiger partial charge in [-0.1, -0.05) is 0 Å². The Balaban J connectivity index is 2.44. The molecule has 0 fully saturated rings. The minimum atomic E-state index is -0.672. The first kappa shape index (κ1) is 17.5. The van der Waals surface area contributed by atoms with Crippen molar-refractivity contribution in [2.75, 3.05) is 39.5 Å².